The van der Waals surface area contributed by atoms with E-state index < -0.39 is 0 Å². The van der Waals surface area contributed by atoms with Crippen LogP contribution in [0.5, 0.6) is 0 Å². The van der Waals surface area contributed by atoms with Crippen molar-refractivity contribution in [3.05, 3.63) is 58.9 Å². The van der Waals surface area contributed by atoms with Gasteiger partial charge in [0, 0.05) is 18.7 Å². The summed E-state index contributed by atoms with van der Waals surface area (Å²) in [6.45, 7) is 6.07. The molecule has 128 valence electrons. The number of rotatable bonds is 3. The van der Waals surface area contributed by atoms with Crippen LogP contribution in [0, 0.1) is 12.3 Å². The molecule has 0 fully saturated rings. The van der Waals surface area contributed by atoms with Crippen molar-refractivity contribution in [1.82, 2.24) is 9.97 Å². The number of hydrogen-bond donors (Lipinski definition) is 1. The van der Waals surface area contributed by atoms with E-state index in [1.807, 2.05) is 45.0 Å². The van der Waals surface area contributed by atoms with E-state index in [0.29, 0.717) is 24.1 Å². The van der Waals surface area contributed by atoms with E-state index in [2.05, 4.69) is 15.3 Å². The Kier molecular flexibility index (Phi) is 4.49. The van der Waals surface area contributed by atoms with Crippen molar-refractivity contribution < 1.29 is 9.59 Å². The molecule has 1 aromatic heterocycles. The Bertz CT molecular complexity index is 869. The maximum absolute atomic E-state index is 12.1. The third-order valence-electron chi connectivity index (χ3n) is 4.29. The van der Waals surface area contributed by atoms with Crippen molar-refractivity contribution in [2.24, 2.45) is 5.41 Å². The summed E-state index contributed by atoms with van der Waals surface area (Å²) >= 11 is 0. The molecule has 1 aliphatic rings. The molecule has 0 spiro atoms. The van der Waals surface area contributed by atoms with Gasteiger partial charge in [-0.2, -0.15) is 0 Å². The fourth-order valence-corrected chi connectivity index (χ4v) is 2.98. The zero-order valence-corrected chi connectivity index (χ0v) is 14.7. The molecule has 0 radical (unpaired) electrons. The standard InChI is InChI=1S/C20H21N3O2/c1-13-6-4-5-7-14(13)8-9-18(25)23-19-21-12-15-16(22-19)10-20(2,3)11-17(15)24/h4-9,12H,10-11H2,1-3H3,(H,21,22,23,25). The van der Waals surface area contributed by atoms with Gasteiger partial charge in [-0.25, -0.2) is 9.97 Å². The zero-order valence-electron chi connectivity index (χ0n) is 14.7. The quantitative estimate of drug-likeness (QED) is 0.870. The Labute approximate surface area is 147 Å². The first-order valence-corrected chi connectivity index (χ1v) is 8.28. The van der Waals surface area contributed by atoms with Gasteiger partial charge < -0.3 is 0 Å². The summed E-state index contributed by atoms with van der Waals surface area (Å²) < 4.78 is 0. The third-order valence-corrected chi connectivity index (χ3v) is 4.29. The van der Waals surface area contributed by atoms with Crippen molar-refractivity contribution in [3.63, 3.8) is 0 Å². The molecule has 1 heterocycles. The van der Waals surface area contributed by atoms with Crippen LogP contribution < -0.4 is 5.32 Å². The van der Waals surface area contributed by atoms with Gasteiger partial charge in [-0.3, -0.25) is 14.9 Å². The number of nitrogens with one attached hydrogen (secondary N) is 1. The number of nitrogens with zero attached hydrogens (tertiary/aromatic N) is 2. The zero-order chi connectivity index (χ0) is 18.0. The van der Waals surface area contributed by atoms with Gasteiger partial charge in [0.05, 0.1) is 11.3 Å². The first-order valence-electron chi connectivity index (χ1n) is 8.28. The molecule has 0 bridgehead atoms. The number of carbonyl (C=O) groups excluding carboxylic acids is 2. The number of ketones is 1. The van der Waals surface area contributed by atoms with Crippen LogP contribution in [0.2, 0.25) is 0 Å². The second kappa shape index (κ2) is 6.59. The van der Waals surface area contributed by atoms with Gasteiger partial charge in [0.15, 0.2) is 5.78 Å². The lowest BCUT2D eigenvalue weighted by Gasteiger charge is -2.29. The van der Waals surface area contributed by atoms with Gasteiger partial charge >= 0.3 is 0 Å². The molecule has 2 aromatic rings. The lowest BCUT2D eigenvalue weighted by molar-refractivity contribution is -0.111. The minimum Gasteiger partial charge on any atom is -0.294 e. The molecule has 5 nitrogen and oxygen atoms in total. The summed E-state index contributed by atoms with van der Waals surface area (Å²) in [6, 6.07) is 7.82. The lowest BCUT2D eigenvalue weighted by atomic mass is 9.76. The summed E-state index contributed by atoms with van der Waals surface area (Å²) in [5.41, 5.74) is 3.22. The van der Waals surface area contributed by atoms with Crippen molar-refractivity contribution in [3.8, 4) is 0 Å². The van der Waals surface area contributed by atoms with Crippen LogP contribution in [0.25, 0.3) is 6.08 Å². The molecule has 1 aliphatic carbocycles. The van der Waals surface area contributed by atoms with Crippen LogP contribution in [-0.4, -0.2) is 21.7 Å². The van der Waals surface area contributed by atoms with E-state index >= 15 is 0 Å². The first kappa shape index (κ1) is 17.0. The molecule has 0 atom stereocenters. The van der Waals surface area contributed by atoms with Crippen molar-refractivity contribution >= 4 is 23.7 Å². The van der Waals surface area contributed by atoms with Crippen LogP contribution in [-0.2, 0) is 11.2 Å². The molecule has 0 unspecified atom stereocenters. The molecular weight excluding hydrogens is 314 g/mol. The fourth-order valence-electron chi connectivity index (χ4n) is 2.98. The van der Waals surface area contributed by atoms with Gasteiger partial charge in [0.25, 0.3) is 5.91 Å². The molecule has 25 heavy (non-hydrogen) atoms. The minimum atomic E-state index is -0.301. The van der Waals surface area contributed by atoms with Gasteiger partial charge in [0.2, 0.25) is 5.95 Å². The Morgan fingerprint density at radius 2 is 2.00 bits per heavy atom. The van der Waals surface area contributed by atoms with Crippen molar-refractivity contribution in [2.75, 3.05) is 5.32 Å². The Hall–Kier alpha value is -2.82. The van der Waals surface area contributed by atoms with Gasteiger partial charge in [0.1, 0.15) is 0 Å². The second-order valence-electron chi connectivity index (χ2n) is 7.17. The second-order valence-corrected chi connectivity index (χ2v) is 7.17. The smallest absolute Gasteiger partial charge is 0.250 e. The lowest BCUT2D eigenvalue weighted by Crippen LogP contribution is -2.28. The highest BCUT2D eigenvalue weighted by atomic mass is 16.1. The largest absolute Gasteiger partial charge is 0.294 e. The normalized spacial score (nSPS) is 15.9. The van der Waals surface area contributed by atoms with Gasteiger partial charge in [-0.15, -0.1) is 0 Å². The summed E-state index contributed by atoms with van der Waals surface area (Å²) in [4.78, 5) is 32.7. The number of carbonyl (C=O) groups is 2. The molecule has 5 heteroatoms. The summed E-state index contributed by atoms with van der Waals surface area (Å²) in [6.07, 6.45) is 5.92. The molecule has 1 N–H and O–H groups in total. The number of anilines is 1. The predicted octanol–water partition coefficient (Wildman–Crippen LogP) is 3.59. The maximum Gasteiger partial charge on any atom is 0.250 e. The van der Waals surface area contributed by atoms with E-state index in [1.165, 1.54) is 12.3 Å². The fraction of sp³-hybridized carbons (Fsp3) is 0.300. The molecule has 3 rings (SSSR count). The average molecular weight is 335 g/mol. The molecule has 0 saturated heterocycles. The van der Waals surface area contributed by atoms with E-state index in [4.69, 9.17) is 0 Å². The van der Waals surface area contributed by atoms with Gasteiger partial charge in [-0.1, -0.05) is 38.1 Å². The molecule has 0 aliphatic heterocycles. The van der Waals surface area contributed by atoms with Crippen LogP contribution in [0.1, 0.15) is 47.4 Å². The van der Waals surface area contributed by atoms with E-state index in [-0.39, 0.29) is 23.1 Å². The molecule has 1 amide bonds. The number of aryl methyl sites for hydroxylation is 1. The number of hydrogen-bond acceptors (Lipinski definition) is 4. The first-order chi connectivity index (χ1) is 11.8. The number of amides is 1. The molecule has 1 aromatic carbocycles. The number of aromatic nitrogens is 2. The van der Waals surface area contributed by atoms with E-state index in [1.54, 1.807) is 6.08 Å². The SMILES string of the molecule is Cc1ccccc1C=CC(=O)Nc1ncc2c(n1)CC(C)(C)CC2=O. The van der Waals surface area contributed by atoms with Crippen LogP contribution >= 0.6 is 0 Å². The summed E-state index contributed by atoms with van der Waals surface area (Å²) in [7, 11) is 0. The highest BCUT2D eigenvalue weighted by Gasteiger charge is 2.32. The molecule has 0 saturated carbocycles. The van der Waals surface area contributed by atoms with Crippen LogP contribution in [0.3, 0.4) is 0 Å². The Morgan fingerprint density at radius 1 is 1.24 bits per heavy atom. The minimum absolute atomic E-state index is 0.0589. The number of fused-ring (bicyclic) bond motifs is 1. The third kappa shape index (κ3) is 3.99. The van der Waals surface area contributed by atoms with Gasteiger partial charge in [-0.05, 0) is 36.0 Å². The monoisotopic (exact) mass is 335 g/mol. The average Bonchev–Trinajstić information content (AvgIpc) is 2.52. The van der Waals surface area contributed by atoms with E-state index in [0.717, 1.165) is 11.1 Å². The van der Waals surface area contributed by atoms with Crippen molar-refractivity contribution in [1.29, 1.82) is 0 Å². The topological polar surface area (TPSA) is 72.0 Å². The molecular formula is C20H21N3O2. The van der Waals surface area contributed by atoms with Crippen LogP contribution in [0.15, 0.2) is 36.5 Å². The summed E-state index contributed by atoms with van der Waals surface area (Å²) in [5, 5.41) is 2.66. The van der Waals surface area contributed by atoms with Crippen LogP contribution in [0.4, 0.5) is 5.95 Å². The predicted molar refractivity (Wildman–Crippen MR) is 97.3 cm³/mol. The Morgan fingerprint density at radius 3 is 2.76 bits per heavy atom. The Balaban J connectivity index is 1.74. The highest BCUT2D eigenvalue weighted by molar-refractivity contribution is 6.01. The number of benzene rings is 1. The highest BCUT2D eigenvalue weighted by Crippen LogP contribution is 2.33. The number of Topliss-reactive ketones (excluding diaryl/α,β-unsaturated/α-hetero) is 1. The van der Waals surface area contributed by atoms with E-state index in [9.17, 15) is 9.59 Å². The maximum atomic E-state index is 12.1. The van der Waals surface area contributed by atoms with Crippen molar-refractivity contribution in [2.45, 2.75) is 33.6 Å². The summed E-state index contributed by atoms with van der Waals surface area (Å²) in [5.74, 6) is -0.0168.